The average molecular weight is 416 g/mol. The quantitative estimate of drug-likeness (QED) is 0.192. The summed E-state index contributed by atoms with van der Waals surface area (Å²) in [5.41, 5.74) is 0. The number of unbranched alkanes of at least 4 members (excludes halogenated alkanes) is 12. The van der Waals surface area contributed by atoms with Crippen LogP contribution in [-0.2, 0) is 4.79 Å². The number of nitrogens with zero attached hydrogens (tertiary/aromatic N) is 1. The number of aliphatic hydroxyl groups is 2. The number of aliphatic hydroxyl groups excluding tert-OH is 2. The summed E-state index contributed by atoms with van der Waals surface area (Å²) in [6.45, 7) is 4.16. The van der Waals surface area contributed by atoms with Gasteiger partial charge in [0.25, 0.3) is 0 Å². The van der Waals surface area contributed by atoms with Crippen LogP contribution in [0.15, 0.2) is 0 Å². The molecule has 0 heterocycles. The highest BCUT2D eigenvalue weighted by Crippen LogP contribution is 2.13. The standard InChI is InChI=1S/C24H50N2O3/c1-4-5-6-7-8-9-10-11-12-13-14-15-16-18-24(29)25-19-17-20-26(2,3)21-23(28)22-27/h23,27-28H,4-22H2,1-3H3/p+1. The first-order chi connectivity index (χ1) is 13.9. The number of rotatable bonds is 21. The molecule has 0 saturated heterocycles. The fraction of sp³-hybridized carbons (Fsp3) is 0.958. The predicted molar refractivity (Wildman–Crippen MR) is 123 cm³/mol. The number of hydrogen-bond donors (Lipinski definition) is 3. The molecule has 5 heteroatoms. The molecule has 0 fully saturated rings. The number of quaternary nitrogens is 1. The van der Waals surface area contributed by atoms with Gasteiger partial charge in [0.1, 0.15) is 12.6 Å². The minimum atomic E-state index is -0.671. The largest absolute Gasteiger partial charge is 0.393 e. The molecular weight excluding hydrogens is 364 g/mol. The van der Waals surface area contributed by atoms with Crippen LogP contribution < -0.4 is 5.32 Å². The Kier molecular flexibility index (Phi) is 18.9. The van der Waals surface area contributed by atoms with E-state index in [1.54, 1.807) is 0 Å². The van der Waals surface area contributed by atoms with Crippen molar-refractivity contribution in [2.45, 2.75) is 109 Å². The monoisotopic (exact) mass is 415 g/mol. The SMILES string of the molecule is CCCCCCCCCCCCCCCC(=O)NCCC[N+](C)(C)CC(O)CO. The first-order valence-electron chi connectivity index (χ1n) is 12.3. The van der Waals surface area contributed by atoms with Gasteiger partial charge in [0, 0.05) is 19.4 Å². The number of nitrogens with one attached hydrogen (secondary N) is 1. The van der Waals surface area contributed by atoms with E-state index in [0.717, 1.165) is 25.8 Å². The molecule has 0 aromatic rings. The Morgan fingerprint density at radius 1 is 0.828 bits per heavy atom. The Morgan fingerprint density at radius 3 is 1.79 bits per heavy atom. The van der Waals surface area contributed by atoms with Gasteiger partial charge in [-0.15, -0.1) is 0 Å². The van der Waals surface area contributed by atoms with Gasteiger partial charge in [0.05, 0.1) is 27.2 Å². The average Bonchev–Trinajstić information content (AvgIpc) is 2.68. The van der Waals surface area contributed by atoms with Crippen molar-refractivity contribution in [3.8, 4) is 0 Å². The minimum Gasteiger partial charge on any atom is -0.393 e. The summed E-state index contributed by atoms with van der Waals surface area (Å²) >= 11 is 0. The Morgan fingerprint density at radius 2 is 1.31 bits per heavy atom. The molecule has 1 amide bonds. The first-order valence-corrected chi connectivity index (χ1v) is 12.3. The van der Waals surface area contributed by atoms with Gasteiger partial charge in [0.2, 0.25) is 5.91 Å². The smallest absolute Gasteiger partial charge is 0.219 e. The van der Waals surface area contributed by atoms with Crippen LogP contribution in [0.2, 0.25) is 0 Å². The van der Waals surface area contributed by atoms with Crippen LogP contribution in [0, 0.1) is 0 Å². The second-order valence-electron chi connectivity index (χ2n) is 9.37. The highest BCUT2D eigenvalue weighted by molar-refractivity contribution is 5.75. The van der Waals surface area contributed by atoms with Crippen LogP contribution in [-0.4, -0.2) is 67.0 Å². The molecule has 0 bridgehead atoms. The van der Waals surface area contributed by atoms with Crippen LogP contribution in [0.1, 0.15) is 103 Å². The van der Waals surface area contributed by atoms with Crippen molar-refractivity contribution in [3.05, 3.63) is 0 Å². The normalized spacial score (nSPS) is 12.9. The Hall–Kier alpha value is -0.650. The topological polar surface area (TPSA) is 69.6 Å². The lowest BCUT2D eigenvalue weighted by atomic mass is 10.0. The second kappa shape index (κ2) is 19.3. The van der Waals surface area contributed by atoms with Crippen molar-refractivity contribution < 1.29 is 19.5 Å². The number of hydrogen-bond acceptors (Lipinski definition) is 3. The van der Waals surface area contributed by atoms with E-state index in [0.29, 0.717) is 24.0 Å². The summed E-state index contributed by atoms with van der Waals surface area (Å²) in [7, 11) is 4.07. The molecule has 0 aliphatic heterocycles. The van der Waals surface area contributed by atoms with Crippen LogP contribution in [0.5, 0.6) is 0 Å². The molecule has 0 aromatic carbocycles. The molecule has 0 rings (SSSR count). The van der Waals surface area contributed by atoms with E-state index in [4.69, 9.17) is 5.11 Å². The van der Waals surface area contributed by atoms with Gasteiger partial charge >= 0.3 is 0 Å². The first kappa shape index (κ1) is 28.4. The van der Waals surface area contributed by atoms with Gasteiger partial charge in [-0.2, -0.15) is 0 Å². The lowest BCUT2D eigenvalue weighted by Gasteiger charge is -2.31. The molecule has 0 aliphatic rings. The fourth-order valence-corrected chi connectivity index (χ4v) is 3.85. The van der Waals surface area contributed by atoms with Crippen molar-refractivity contribution >= 4 is 5.91 Å². The van der Waals surface area contributed by atoms with E-state index in [9.17, 15) is 9.90 Å². The van der Waals surface area contributed by atoms with Crippen LogP contribution in [0.3, 0.4) is 0 Å². The Bertz CT molecular complexity index is 375. The van der Waals surface area contributed by atoms with E-state index in [-0.39, 0.29) is 12.5 Å². The lowest BCUT2D eigenvalue weighted by molar-refractivity contribution is -0.893. The summed E-state index contributed by atoms with van der Waals surface area (Å²) in [5.74, 6) is 0.161. The van der Waals surface area contributed by atoms with E-state index in [1.165, 1.54) is 70.6 Å². The molecular formula is C24H51N2O3+. The molecule has 1 atom stereocenters. The van der Waals surface area contributed by atoms with Gasteiger partial charge in [-0.25, -0.2) is 0 Å². The van der Waals surface area contributed by atoms with Gasteiger partial charge in [-0.3, -0.25) is 4.79 Å². The maximum absolute atomic E-state index is 11.9. The molecule has 0 aliphatic carbocycles. The molecule has 3 N–H and O–H groups in total. The highest BCUT2D eigenvalue weighted by Gasteiger charge is 2.19. The second-order valence-corrected chi connectivity index (χ2v) is 9.37. The molecule has 174 valence electrons. The van der Waals surface area contributed by atoms with E-state index in [2.05, 4.69) is 12.2 Å². The summed E-state index contributed by atoms with van der Waals surface area (Å²) in [6, 6.07) is 0. The summed E-state index contributed by atoms with van der Waals surface area (Å²) in [5, 5.41) is 21.5. The van der Waals surface area contributed by atoms with E-state index in [1.807, 2.05) is 14.1 Å². The summed E-state index contributed by atoms with van der Waals surface area (Å²) < 4.78 is 0.649. The third-order valence-corrected chi connectivity index (χ3v) is 5.69. The van der Waals surface area contributed by atoms with Crippen molar-refractivity contribution in [1.82, 2.24) is 5.32 Å². The molecule has 0 saturated carbocycles. The molecule has 0 spiro atoms. The zero-order valence-corrected chi connectivity index (χ0v) is 19.8. The third kappa shape index (κ3) is 20.4. The van der Waals surface area contributed by atoms with Crippen LogP contribution >= 0.6 is 0 Å². The number of amides is 1. The maximum Gasteiger partial charge on any atom is 0.219 e. The van der Waals surface area contributed by atoms with Gasteiger partial charge in [0.15, 0.2) is 0 Å². The summed E-state index contributed by atoms with van der Waals surface area (Å²) in [6.07, 6.45) is 18.1. The number of carbonyl (C=O) groups is 1. The highest BCUT2D eigenvalue weighted by atomic mass is 16.3. The van der Waals surface area contributed by atoms with Crippen molar-refractivity contribution in [2.24, 2.45) is 0 Å². The van der Waals surface area contributed by atoms with Gasteiger partial charge in [-0.1, -0.05) is 84.0 Å². The van der Waals surface area contributed by atoms with Gasteiger partial charge in [-0.05, 0) is 6.42 Å². The third-order valence-electron chi connectivity index (χ3n) is 5.69. The predicted octanol–water partition coefficient (Wildman–Crippen LogP) is 4.40. The Labute approximate surface area is 180 Å². The van der Waals surface area contributed by atoms with Gasteiger partial charge < -0.3 is 20.0 Å². The summed E-state index contributed by atoms with van der Waals surface area (Å²) in [4.78, 5) is 11.9. The molecule has 1 unspecified atom stereocenters. The van der Waals surface area contributed by atoms with E-state index >= 15 is 0 Å². The lowest BCUT2D eigenvalue weighted by Crippen LogP contribution is -2.47. The maximum atomic E-state index is 11.9. The van der Waals surface area contributed by atoms with Crippen molar-refractivity contribution in [2.75, 3.05) is 40.3 Å². The zero-order valence-electron chi connectivity index (χ0n) is 19.8. The zero-order chi connectivity index (χ0) is 21.8. The Balaban J connectivity index is 3.38. The fourth-order valence-electron chi connectivity index (χ4n) is 3.85. The molecule has 5 nitrogen and oxygen atoms in total. The minimum absolute atomic E-state index is 0.161. The van der Waals surface area contributed by atoms with E-state index < -0.39 is 6.10 Å². The molecule has 0 aromatic heterocycles. The number of likely N-dealkylation sites (N-methyl/N-ethyl adjacent to an activating group) is 1. The van der Waals surface area contributed by atoms with Crippen molar-refractivity contribution in [3.63, 3.8) is 0 Å². The number of carbonyl (C=O) groups excluding carboxylic acids is 1. The molecule has 0 radical (unpaired) electrons. The van der Waals surface area contributed by atoms with Crippen LogP contribution in [0.4, 0.5) is 0 Å². The van der Waals surface area contributed by atoms with Crippen molar-refractivity contribution in [1.29, 1.82) is 0 Å². The molecule has 29 heavy (non-hydrogen) atoms. The van der Waals surface area contributed by atoms with Crippen LogP contribution in [0.25, 0.3) is 0 Å².